The van der Waals surface area contributed by atoms with Gasteiger partial charge in [0.2, 0.25) is 5.76 Å². The van der Waals surface area contributed by atoms with Crippen LogP contribution >= 0.6 is 11.6 Å². The van der Waals surface area contributed by atoms with Gasteiger partial charge in [0.15, 0.2) is 5.29 Å². The smallest absolute Gasteiger partial charge is 0.374 e. The molecule has 0 aliphatic carbocycles. The van der Waals surface area contributed by atoms with E-state index in [0.29, 0.717) is 18.6 Å². The van der Waals surface area contributed by atoms with E-state index in [9.17, 15) is 9.18 Å². The predicted molar refractivity (Wildman–Crippen MR) is 93.9 cm³/mol. The van der Waals surface area contributed by atoms with E-state index >= 15 is 0 Å². The molecule has 0 amide bonds. The fraction of sp³-hybridized carbons (Fsp3) is 0.421. The molecule has 0 fully saturated rings. The second-order valence-corrected chi connectivity index (χ2v) is 6.05. The maximum atomic E-state index is 12.2. The molecule has 24 heavy (non-hydrogen) atoms. The number of benzene rings is 1. The molecule has 0 N–H and O–H groups in total. The standard InChI is InChI=1S/C19H22ClFO3/c20-18(21)12-6-4-2-1-3-5-9-13-23-19(22)17-14-15-10-7-8-11-16(15)24-17/h7-8,10-12,14H,1-6,9,13H2/b18-12+. The van der Waals surface area contributed by atoms with Gasteiger partial charge in [-0.25, -0.2) is 4.79 Å². The van der Waals surface area contributed by atoms with Gasteiger partial charge in [-0.15, -0.1) is 0 Å². The molecule has 0 unspecified atom stereocenters. The zero-order chi connectivity index (χ0) is 17.2. The zero-order valence-electron chi connectivity index (χ0n) is 13.6. The molecule has 1 aromatic heterocycles. The van der Waals surface area contributed by atoms with Gasteiger partial charge < -0.3 is 9.15 Å². The van der Waals surface area contributed by atoms with E-state index < -0.39 is 11.3 Å². The van der Waals surface area contributed by atoms with Crippen molar-refractivity contribution >= 4 is 28.5 Å². The van der Waals surface area contributed by atoms with E-state index in [1.165, 1.54) is 6.08 Å². The van der Waals surface area contributed by atoms with Crippen LogP contribution in [0, 0.1) is 0 Å². The average Bonchev–Trinajstić information content (AvgIpc) is 3.00. The Morgan fingerprint density at radius 2 is 1.83 bits per heavy atom. The number of carbonyl (C=O) groups excluding carboxylic acids is 1. The molecule has 3 nitrogen and oxygen atoms in total. The van der Waals surface area contributed by atoms with Crippen LogP contribution in [0.15, 0.2) is 46.1 Å². The summed E-state index contributed by atoms with van der Waals surface area (Å²) in [4.78, 5) is 11.9. The van der Waals surface area contributed by atoms with Crippen LogP contribution in [0.3, 0.4) is 0 Å². The van der Waals surface area contributed by atoms with Crippen molar-refractivity contribution in [3.63, 3.8) is 0 Å². The van der Waals surface area contributed by atoms with E-state index in [0.717, 1.165) is 43.9 Å². The number of halogens is 2. The lowest BCUT2D eigenvalue weighted by Gasteiger charge is -2.03. The van der Waals surface area contributed by atoms with Crippen LogP contribution in [-0.2, 0) is 4.74 Å². The second-order valence-electron chi connectivity index (χ2n) is 5.69. The summed E-state index contributed by atoms with van der Waals surface area (Å²) < 4.78 is 22.9. The summed E-state index contributed by atoms with van der Waals surface area (Å²) in [6.45, 7) is 0.399. The van der Waals surface area contributed by atoms with Crippen LogP contribution < -0.4 is 0 Å². The fourth-order valence-electron chi connectivity index (χ4n) is 2.48. The van der Waals surface area contributed by atoms with E-state index in [1.54, 1.807) is 6.07 Å². The first-order valence-electron chi connectivity index (χ1n) is 8.33. The summed E-state index contributed by atoms with van der Waals surface area (Å²) in [6.07, 6.45) is 8.10. The summed E-state index contributed by atoms with van der Waals surface area (Å²) in [6, 6.07) is 9.19. The van der Waals surface area contributed by atoms with Crippen LogP contribution in [0.4, 0.5) is 4.39 Å². The molecule has 0 saturated heterocycles. The number of fused-ring (bicyclic) bond motifs is 1. The molecule has 0 spiro atoms. The lowest BCUT2D eigenvalue weighted by molar-refractivity contribution is 0.0464. The number of hydrogen-bond acceptors (Lipinski definition) is 3. The molecular weight excluding hydrogens is 331 g/mol. The minimum atomic E-state index is -0.624. The molecule has 2 aromatic rings. The number of esters is 1. The first-order valence-corrected chi connectivity index (χ1v) is 8.71. The van der Waals surface area contributed by atoms with Crippen molar-refractivity contribution in [1.29, 1.82) is 0 Å². The number of ether oxygens (including phenoxy) is 1. The fourth-order valence-corrected chi connectivity index (χ4v) is 2.59. The van der Waals surface area contributed by atoms with Crippen LogP contribution in [0.5, 0.6) is 0 Å². The largest absolute Gasteiger partial charge is 0.460 e. The minimum Gasteiger partial charge on any atom is -0.460 e. The highest BCUT2D eigenvalue weighted by Gasteiger charge is 2.12. The molecule has 2 rings (SSSR count). The molecule has 130 valence electrons. The first kappa shape index (κ1) is 18.5. The van der Waals surface area contributed by atoms with Crippen molar-refractivity contribution in [1.82, 2.24) is 0 Å². The van der Waals surface area contributed by atoms with Crippen molar-refractivity contribution in [2.24, 2.45) is 0 Å². The van der Waals surface area contributed by atoms with Gasteiger partial charge in [-0.3, -0.25) is 0 Å². The van der Waals surface area contributed by atoms with Crippen molar-refractivity contribution < 1.29 is 18.3 Å². The lowest BCUT2D eigenvalue weighted by Crippen LogP contribution is -2.05. The van der Waals surface area contributed by atoms with E-state index in [4.69, 9.17) is 20.8 Å². The molecule has 0 saturated carbocycles. The van der Waals surface area contributed by atoms with Crippen molar-refractivity contribution in [3.8, 4) is 0 Å². The molecule has 0 aliphatic rings. The maximum Gasteiger partial charge on any atom is 0.374 e. The average molecular weight is 353 g/mol. The number of furan rings is 1. The maximum absolute atomic E-state index is 12.2. The molecule has 1 aromatic carbocycles. The third-order valence-electron chi connectivity index (χ3n) is 3.76. The Morgan fingerprint density at radius 1 is 1.12 bits per heavy atom. The number of rotatable bonds is 10. The van der Waals surface area contributed by atoms with Gasteiger partial charge in [-0.05, 0) is 37.5 Å². The van der Waals surface area contributed by atoms with Gasteiger partial charge in [-0.1, -0.05) is 55.5 Å². The van der Waals surface area contributed by atoms with Crippen molar-refractivity contribution in [3.05, 3.63) is 47.5 Å². The van der Waals surface area contributed by atoms with Gasteiger partial charge in [0.05, 0.1) is 6.61 Å². The van der Waals surface area contributed by atoms with E-state index in [1.807, 2.05) is 24.3 Å². The Kier molecular flexibility index (Phi) is 7.83. The zero-order valence-corrected chi connectivity index (χ0v) is 14.4. The highest BCUT2D eigenvalue weighted by atomic mass is 35.5. The predicted octanol–water partition coefficient (Wildman–Crippen LogP) is 6.37. The summed E-state index contributed by atoms with van der Waals surface area (Å²) in [5.74, 6) is -0.170. The number of unbranched alkanes of at least 4 members (excludes halogenated alkanes) is 6. The molecule has 5 heteroatoms. The molecule has 1 heterocycles. The molecule has 0 bridgehead atoms. The number of allylic oxidation sites excluding steroid dienone is 1. The number of para-hydroxylation sites is 1. The van der Waals surface area contributed by atoms with Crippen LogP contribution in [-0.4, -0.2) is 12.6 Å². The van der Waals surface area contributed by atoms with Gasteiger partial charge in [0, 0.05) is 5.39 Å². The second kappa shape index (κ2) is 10.1. The molecular formula is C19H22ClFO3. The Balaban J connectivity index is 1.54. The van der Waals surface area contributed by atoms with Gasteiger partial charge >= 0.3 is 5.97 Å². The number of carbonyl (C=O) groups is 1. The summed E-state index contributed by atoms with van der Waals surface area (Å²) >= 11 is 5.11. The highest BCUT2D eigenvalue weighted by molar-refractivity contribution is 6.28. The normalized spacial score (nSPS) is 11.8. The number of hydrogen-bond donors (Lipinski definition) is 0. The van der Waals surface area contributed by atoms with Gasteiger partial charge in [0.25, 0.3) is 0 Å². The van der Waals surface area contributed by atoms with Crippen molar-refractivity contribution in [2.75, 3.05) is 6.61 Å². The third-order valence-corrected chi connectivity index (χ3v) is 3.91. The summed E-state index contributed by atoms with van der Waals surface area (Å²) in [5.41, 5.74) is 0.688. The van der Waals surface area contributed by atoms with Crippen LogP contribution in [0.25, 0.3) is 11.0 Å². The summed E-state index contributed by atoms with van der Waals surface area (Å²) in [7, 11) is 0. The molecule has 0 aliphatic heterocycles. The van der Waals surface area contributed by atoms with Gasteiger partial charge in [-0.2, -0.15) is 4.39 Å². The first-order chi connectivity index (χ1) is 11.7. The van der Waals surface area contributed by atoms with Crippen molar-refractivity contribution in [2.45, 2.75) is 44.9 Å². The Labute approximate surface area is 146 Å². The summed E-state index contributed by atoms with van der Waals surface area (Å²) in [5, 5.41) is 0.273. The van der Waals surface area contributed by atoms with E-state index in [2.05, 4.69) is 0 Å². The monoisotopic (exact) mass is 352 g/mol. The van der Waals surface area contributed by atoms with Crippen LogP contribution in [0.2, 0.25) is 0 Å². The van der Waals surface area contributed by atoms with Crippen LogP contribution in [0.1, 0.15) is 55.5 Å². The molecule has 0 radical (unpaired) electrons. The highest BCUT2D eigenvalue weighted by Crippen LogP contribution is 2.19. The quantitative estimate of drug-likeness (QED) is 0.368. The Hall–Kier alpha value is -1.81. The Morgan fingerprint density at radius 3 is 2.58 bits per heavy atom. The Bertz CT molecular complexity index is 641. The topological polar surface area (TPSA) is 39.4 Å². The third kappa shape index (κ3) is 6.36. The minimum absolute atomic E-state index is 0.246. The van der Waals surface area contributed by atoms with E-state index in [-0.39, 0.29) is 5.76 Å². The SMILES string of the molecule is O=C(OCCCCCCCC/C=C(/F)Cl)c1cc2ccccc2o1. The lowest BCUT2D eigenvalue weighted by atomic mass is 10.1. The molecule has 0 atom stereocenters. The van der Waals surface area contributed by atoms with Gasteiger partial charge in [0.1, 0.15) is 5.58 Å².